The Morgan fingerprint density at radius 1 is 0.744 bits per heavy atom. The molecule has 43 heavy (non-hydrogen) atoms. The fourth-order valence-corrected chi connectivity index (χ4v) is 5.36. The molecule has 0 aliphatic carbocycles. The van der Waals surface area contributed by atoms with Crippen molar-refractivity contribution in [3.05, 3.63) is 131 Å². The van der Waals surface area contributed by atoms with E-state index in [1.165, 1.54) is 11.1 Å². The number of nitrogens with zero attached hydrogens (tertiary/aromatic N) is 1. The molecule has 0 radical (unpaired) electrons. The third-order valence-electron chi connectivity index (χ3n) is 7.77. The van der Waals surface area contributed by atoms with E-state index in [2.05, 4.69) is 58.8 Å². The second kappa shape index (κ2) is 16.9. The summed E-state index contributed by atoms with van der Waals surface area (Å²) in [5, 5.41) is 13.0. The van der Waals surface area contributed by atoms with E-state index >= 15 is 0 Å². The predicted molar refractivity (Wildman–Crippen MR) is 167 cm³/mol. The van der Waals surface area contributed by atoms with E-state index in [1.54, 1.807) is 6.20 Å². The minimum atomic E-state index is -0.0959. The highest BCUT2D eigenvalue weighted by molar-refractivity contribution is 5.31. The van der Waals surface area contributed by atoms with Gasteiger partial charge >= 0.3 is 0 Å². The molecule has 5 rings (SSSR count). The summed E-state index contributed by atoms with van der Waals surface area (Å²) >= 11 is 0. The van der Waals surface area contributed by atoms with Crippen LogP contribution in [-0.4, -0.2) is 42.5 Å². The zero-order chi connectivity index (χ0) is 29.5. The van der Waals surface area contributed by atoms with Crippen LogP contribution in [0.3, 0.4) is 0 Å². The first-order valence-corrected chi connectivity index (χ1v) is 15.1. The van der Waals surface area contributed by atoms with Gasteiger partial charge in [0.15, 0.2) is 0 Å². The maximum absolute atomic E-state index is 9.53. The molecule has 7 heteroatoms. The van der Waals surface area contributed by atoms with Crippen molar-refractivity contribution in [2.75, 3.05) is 26.3 Å². The Kier molecular flexibility index (Phi) is 12.1. The van der Waals surface area contributed by atoms with Crippen LogP contribution < -0.4 is 10.1 Å². The summed E-state index contributed by atoms with van der Waals surface area (Å²) in [6.07, 6.45) is 3.62. The highest BCUT2D eigenvalue weighted by atomic mass is 16.5. The van der Waals surface area contributed by atoms with Gasteiger partial charge in [-0.05, 0) is 53.4 Å². The topological polar surface area (TPSA) is 82.1 Å². The van der Waals surface area contributed by atoms with Crippen LogP contribution in [0.5, 0.6) is 5.75 Å². The van der Waals surface area contributed by atoms with E-state index in [0.29, 0.717) is 51.3 Å². The standard InChI is InChI=1S/C36H42N2O5/c39-23-35-32(12-6-18-38-35)26-41-25-30-10-4-5-11-31(30)27-43-36-22-37-19-17-34(36)29-13-15-33(16-14-29)42-21-7-20-40-24-28-8-2-1-3-9-28/h1-6,8-16,18,34,36-37,39H,7,17,19-27H2. The lowest BCUT2D eigenvalue weighted by Crippen LogP contribution is -2.41. The molecule has 1 fully saturated rings. The number of aliphatic hydroxyl groups excluding tert-OH is 1. The molecule has 0 saturated carbocycles. The normalized spacial score (nSPS) is 16.7. The van der Waals surface area contributed by atoms with E-state index in [0.717, 1.165) is 48.4 Å². The fraction of sp³-hybridized carbons (Fsp3) is 0.361. The van der Waals surface area contributed by atoms with Gasteiger partial charge in [0.25, 0.3) is 0 Å². The molecule has 7 nitrogen and oxygen atoms in total. The van der Waals surface area contributed by atoms with E-state index in [4.69, 9.17) is 18.9 Å². The molecule has 2 unspecified atom stereocenters. The van der Waals surface area contributed by atoms with Gasteiger partial charge in [0, 0.05) is 30.6 Å². The van der Waals surface area contributed by atoms with Crippen LogP contribution in [0.15, 0.2) is 97.2 Å². The van der Waals surface area contributed by atoms with Crippen molar-refractivity contribution in [1.82, 2.24) is 10.3 Å². The molecule has 1 aliphatic rings. The minimum Gasteiger partial charge on any atom is -0.494 e. The average Bonchev–Trinajstić information content (AvgIpc) is 3.07. The molecule has 4 aromatic rings. The zero-order valence-corrected chi connectivity index (χ0v) is 24.7. The van der Waals surface area contributed by atoms with Crippen molar-refractivity contribution in [2.45, 2.75) is 57.9 Å². The van der Waals surface area contributed by atoms with Crippen LogP contribution in [-0.2, 0) is 47.2 Å². The average molecular weight is 583 g/mol. The first-order chi connectivity index (χ1) is 21.3. The maximum atomic E-state index is 9.53. The second-order valence-electron chi connectivity index (χ2n) is 10.8. The number of aromatic nitrogens is 1. The summed E-state index contributed by atoms with van der Waals surface area (Å²) in [5.74, 6) is 1.19. The Labute approximate surface area is 254 Å². The van der Waals surface area contributed by atoms with Crippen molar-refractivity contribution < 1.29 is 24.1 Å². The number of pyridine rings is 1. The number of rotatable bonds is 16. The summed E-state index contributed by atoms with van der Waals surface area (Å²) in [5.41, 5.74) is 6.24. The highest BCUT2D eigenvalue weighted by Gasteiger charge is 2.27. The fourth-order valence-electron chi connectivity index (χ4n) is 5.36. The molecule has 2 atom stereocenters. The molecule has 1 aliphatic heterocycles. The van der Waals surface area contributed by atoms with Gasteiger partial charge in [-0.3, -0.25) is 4.98 Å². The highest BCUT2D eigenvalue weighted by Crippen LogP contribution is 2.30. The van der Waals surface area contributed by atoms with Crippen LogP contribution in [0.4, 0.5) is 0 Å². The van der Waals surface area contributed by atoms with Crippen LogP contribution in [0.2, 0.25) is 0 Å². The van der Waals surface area contributed by atoms with E-state index in [1.807, 2.05) is 42.5 Å². The molecule has 0 spiro atoms. The third-order valence-corrected chi connectivity index (χ3v) is 7.77. The van der Waals surface area contributed by atoms with Gasteiger partial charge in [-0.25, -0.2) is 0 Å². The first kappa shape index (κ1) is 30.9. The van der Waals surface area contributed by atoms with Gasteiger partial charge in [0.2, 0.25) is 0 Å². The lowest BCUT2D eigenvalue weighted by Gasteiger charge is -2.33. The quantitative estimate of drug-likeness (QED) is 0.158. The number of aliphatic hydroxyl groups is 1. The van der Waals surface area contributed by atoms with Crippen molar-refractivity contribution in [1.29, 1.82) is 0 Å². The zero-order valence-electron chi connectivity index (χ0n) is 24.7. The van der Waals surface area contributed by atoms with Gasteiger partial charge < -0.3 is 29.4 Å². The second-order valence-corrected chi connectivity index (χ2v) is 10.8. The van der Waals surface area contributed by atoms with Crippen LogP contribution in [0.1, 0.15) is 52.3 Å². The molecule has 2 N–H and O–H groups in total. The molecule has 1 aromatic heterocycles. The van der Waals surface area contributed by atoms with Gasteiger partial charge in [0.05, 0.1) is 58.0 Å². The molecular formula is C36H42N2O5. The number of hydrogen-bond donors (Lipinski definition) is 2. The molecule has 2 heterocycles. The number of benzene rings is 3. The van der Waals surface area contributed by atoms with Gasteiger partial charge in [-0.15, -0.1) is 0 Å². The van der Waals surface area contributed by atoms with Gasteiger partial charge in [-0.2, -0.15) is 0 Å². The molecule has 3 aromatic carbocycles. The largest absolute Gasteiger partial charge is 0.494 e. The van der Waals surface area contributed by atoms with Crippen molar-refractivity contribution in [2.24, 2.45) is 0 Å². The van der Waals surface area contributed by atoms with Crippen molar-refractivity contribution in [3.8, 4) is 5.75 Å². The lowest BCUT2D eigenvalue weighted by molar-refractivity contribution is 0.00931. The van der Waals surface area contributed by atoms with Crippen LogP contribution in [0, 0.1) is 0 Å². The first-order valence-electron chi connectivity index (χ1n) is 15.1. The number of piperidine rings is 1. The monoisotopic (exact) mass is 582 g/mol. The Balaban J connectivity index is 1.08. The van der Waals surface area contributed by atoms with Crippen molar-refractivity contribution in [3.63, 3.8) is 0 Å². The third kappa shape index (κ3) is 9.45. The Morgan fingerprint density at radius 2 is 1.49 bits per heavy atom. The maximum Gasteiger partial charge on any atom is 0.119 e. The molecule has 226 valence electrons. The SMILES string of the molecule is OCc1ncccc1COCc1ccccc1COC1CNCCC1c1ccc(OCCCOCc2ccccc2)cc1. The minimum absolute atomic E-state index is 0.0683. The van der Waals surface area contributed by atoms with E-state index in [-0.39, 0.29) is 12.7 Å². The molecule has 1 saturated heterocycles. The molecule has 0 bridgehead atoms. The number of hydrogen-bond acceptors (Lipinski definition) is 7. The Bertz CT molecular complexity index is 1370. The lowest BCUT2D eigenvalue weighted by atomic mass is 9.87. The molecular weight excluding hydrogens is 540 g/mol. The predicted octanol–water partition coefficient (Wildman–Crippen LogP) is 5.94. The summed E-state index contributed by atoms with van der Waals surface area (Å²) in [7, 11) is 0. The summed E-state index contributed by atoms with van der Waals surface area (Å²) in [4.78, 5) is 4.22. The summed E-state index contributed by atoms with van der Waals surface area (Å²) in [6, 6.07) is 30.8. The number of nitrogens with one attached hydrogen (secondary N) is 1. The van der Waals surface area contributed by atoms with Gasteiger partial charge in [-0.1, -0.05) is 72.8 Å². The Hall–Kier alpha value is -3.59. The van der Waals surface area contributed by atoms with E-state index < -0.39 is 0 Å². The summed E-state index contributed by atoms with van der Waals surface area (Å²) in [6.45, 7) is 5.00. The van der Waals surface area contributed by atoms with E-state index in [9.17, 15) is 5.11 Å². The summed E-state index contributed by atoms with van der Waals surface area (Å²) < 4.78 is 24.3. The number of ether oxygens (including phenoxy) is 4. The van der Waals surface area contributed by atoms with Crippen LogP contribution in [0.25, 0.3) is 0 Å². The molecule has 0 amide bonds. The van der Waals surface area contributed by atoms with Crippen LogP contribution >= 0.6 is 0 Å². The smallest absolute Gasteiger partial charge is 0.119 e. The Morgan fingerprint density at radius 3 is 2.30 bits per heavy atom. The van der Waals surface area contributed by atoms with Gasteiger partial charge in [0.1, 0.15) is 5.75 Å². The van der Waals surface area contributed by atoms with Crippen molar-refractivity contribution >= 4 is 0 Å².